The van der Waals surface area contributed by atoms with E-state index in [-0.39, 0.29) is 17.6 Å². The first kappa shape index (κ1) is 18.6. The van der Waals surface area contributed by atoms with Crippen molar-refractivity contribution in [3.8, 4) is 0 Å². The minimum absolute atomic E-state index is 0.106. The minimum Gasteiger partial charge on any atom is -0.326 e. The Labute approximate surface area is 146 Å². The van der Waals surface area contributed by atoms with Crippen molar-refractivity contribution in [1.82, 2.24) is 5.32 Å². The number of benzene rings is 2. The van der Waals surface area contributed by atoms with Gasteiger partial charge in [-0.3, -0.25) is 9.59 Å². The van der Waals surface area contributed by atoms with Gasteiger partial charge in [0, 0.05) is 31.3 Å². The van der Waals surface area contributed by atoms with Crippen molar-refractivity contribution in [2.24, 2.45) is 0 Å². The maximum absolute atomic E-state index is 13.5. The van der Waals surface area contributed by atoms with E-state index in [9.17, 15) is 14.0 Å². The van der Waals surface area contributed by atoms with Crippen molar-refractivity contribution in [1.29, 1.82) is 0 Å². The van der Waals surface area contributed by atoms with E-state index < -0.39 is 0 Å². The van der Waals surface area contributed by atoms with Crippen LogP contribution in [0.4, 0.5) is 15.8 Å². The molecule has 2 amide bonds. The Morgan fingerprint density at radius 1 is 0.920 bits per heavy atom. The molecule has 3 N–H and O–H groups in total. The maximum Gasteiger partial charge on any atom is 0.225 e. The van der Waals surface area contributed by atoms with Crippen LogP contribution in [-0.2, 0) is 16.0 Å². The zero-order chi connectivity index (χ0) is 18.1. The van der Waals surface area contributed by atoms with Gasteiger partial charge in [0.25, 0.3) is 0 Å². The third kappa shape index (κ3) is 6.73. The van der Waals surface area contributed by atoms with Crippen LogP contribution in [-0.4, -0.2) is 24.9 Å². The molecule has 0 bridgehead atoms. The molecule has 2 aromatic carbocycles. The van der Waals surface area contributed by atoms with Crippen molar-refractivity contribution < 1.29 is 14.0 Å². The lowest BCUT2D eigenvalue weighted by molar-refractivity contribution is -0.116. The van der Waals surface area contributed by atoms with Gasteiger partial charge < -0.3 is 16.0 Å². The van der Waals surface area contributed by atoms with Gasteiger partial charge in [0.2, 0.25) is 11.8 Å². The second-order valence-corrected chi connectivity index (χ2v) is 5.65. The highest BCUT2D eigenvalue weighted by Crippen LogP contribution is 2.13. The number of amides is 2. The molecule has 5 nitrogen and oxygen atoms in total. The summed E-state index contributed by atoms with van der Waals surface area (Å²) < 4.78 is 13.5. The van der Waals surface area contributed by atoms with Crippen LogP contribution in [0.1, 0.15) is 18.9 Å². The number of rotatable bonds is 8. The molecular formula is C19H22FN3O2. The molecule has 0 aliphatic heterocycles. The number of carbonyl (C=O) groups is 2. The van der Waals surface area contributed by atoms with Crippen LogP contribution in [0.5, 0.6) is 0 Å². The van der Waals surface area contributed by atoms with Crippen molar-refractivity contribution in [3.63, 3.8) is 0 Å². The third-order valence-corrected chi connectivity index (χ3v) is 3.55. The van der Waals surface area contributed by atoms with Gasteiger partial charge in [-0.15, -0.1) is 0 Å². The standard InChI is InChI=1S/C19H22FN3O2/c1-14(24)22-16-6-8-17(9-7-16)23-19(25)11-13-21-12-10-15-4-2-3-5-18(15)20/h2-9,21H,10-13H2,1H3,(H,22,24)(H,23,25). The van der Waals surface area contributed by atoms with Gasteiger partial charge in [-0.1, -0.05) is 18.2 Å². The summed E-state index contributed by atoms with van der Waals surface area (Å²) in [6, 6.07) is 13.6. The summed E-state index contributed by atoms with van der Waals surface area (Å²) in [7, 11) is 0. The minimum atomic E-state index is -0.204. The summed E-state index contributed by atoms with van der Waals surface area (Å²) in [4.78, 5) is 22.8. The molecule has 2 rings (SSSR count). The molecule has 0 heterocycles. The van der Waals surface area contributed by atoms with E-state index in [0.29, 0.717) is 42.9 Å². The van der Waals surface area contributed by atoms with Gasteiger partial charge in [-0.05, 0) is 48.9 Å². The topological polar surface area (TPSA) is 70.2 Å². The number of hydrogen-bond acceptors (Lipinski definition) is 3. The molecule has 6 heteroatoms. The van der Waals surface area contributed by atoms with Gasteiger partial charge in [-0.25, -0.2) is 4.39 Å². The Morgan fingerprint density at radius 2 is 1.56 bits per heavy atom. The number of anilines is 2. The zero-order valence-corrected chi connectivity index (χ0v) is 14.1. The molecule has 25 heavy (non-hydrogen) atoms. The Kier molecular flexibility index (Phi) is 7.10. The highest BCUT2D eigenvalue weighted by atomic mass is 19.1. The summed E-state index contributed by atoms with van der Waals surface area (Å²) >= 11 is 0. The van der Waals surface area contributed by atoms with Gasteiger partial charge in [-0.2, -0.15) is 0 Å². The SMILES string of the molecule is CC(=O)Nc1ccc(NC(=O)CCNCCc2ccccc2F)cc1. The van der Waals surface area contributed by atoms with E-state index in [0.717, 1.165) is 0 Å². The molecule has 0 saturated heterocycles. The van der Waals surface area contributed by atoms with E-state index in [1.54, 1.807) is 36.4 Å². The second kappa shape index (κ2) is 9.54. The molecule has 0 fully saturated rings. The highest BCUT2D eigenvalue weighted by molar-refractivity contribution is 5.92. The lowest BCUT2D eigenvalue weighted by Crippen LogP contribution is -2.23. The molecule has 2 aromatic rings. The van der Waals surface area contributed by atoms with Gasteiger partial charge in [0.05, 0.1) is 0 Å². The van der Waals surface area contributed by atoms with Gasteiger partial charge >= 0.3 is 0 Å². The fourth-order valence-corrected chi connectivity index (χ4v) is 2.31. The molecule has 0 radical (unpaired) electrons. The van der Waals surface area contributed by atoms with Gasteiger partial charge in [0.1, 0.15) is 5.82 Å². The lowest BCUT2D eigenvalue weighted by Gasteiger charge is -2.08. The Morgan fingerprint density at radius 3 is 2.20 bits per heavy atom. The van der Waals surface area contributed by atoms with E-state index in [1.165, 1.54) is 13.0 Å². The molecule has 0 spiro atoms. The third-order valence-electron chi connectivity index (χ3n) is 3.55. The van der Waals surface area contributed by atoms with Gasteiger partial charge in [0.15, 0.2) is 0 Å². The Balaban J connectivity index is 1.65. The van der Waals surface area contributed by atoms with Crippen molar-refractivity contribution in [2.75, 3.05) is 23.7 Å². The normalized spacial score (nSPS) is 10.3. The Hall–Kier alpha value is -2.73. The lowest BCUT2D eigenvalue weighted by atomic mass is 10.1. The number of nitrogens with one attached hydrogen (secondary N) is 3. The highest BCUT2D eigenvalue weighted by Gasteiger charge is 2.04. The summed E-state index contributed by atoms with van der Waals surface area (Å²) in [6.45, 7) is 2.57. The van der Waals surface area contributed by atoms with Crippen molar-refractivity contribution >= 4 is 23.2 Å². The summed E-state index contributed by atoms with van der Waals surface area (Å²) in [6.07, 6.45) is 0.906. The number of halogens is 1. The van der Waals surface area contributed by atoms with Crippen LogP contribution in [0.25, 0.3) is 0 Å². The average Bonchev–Trinajstić information content (AvgIpc) is 2.57. The second-order valence-electron chi connectivity index (χ2n) is 5.65. The predicted octanol–water partition coefficient (Wildman–Crippen LogP) is 2.95. The molecule has 0 atom stereocenters. The van der Waals surface area contributed by atoms with Crippen molar-refractivity contribution in [3.05, 3.63) is 59.9 Å². The van der Waals surface area contributed by atoms with E-state index in [4.69, 9.17) is 0 Å². The molecule has 0 aromatic heterocycles. The fraction of sp³-hybridized carbons (Fsp3) is 0.263. The van der Waals surface area contributed by atoms with Crippen LogP contribution in [0.2, 0.25) is 0 Å². The average molecular weight is 343 g/mol. The Bertz CT molecular complexity index is 717. The molecule has 0 aliphatic rings. The first-order valence-corrected chi connectivity index (χ1v) is 8.16. The quantitative estimate of drug-likeness (QED) is 0.646. The molecular weight excluding hydrogens is 321 g/mol. The van der Waals surface area contributed by atoms with Crippen molar-refractivity contribution in [2.45, 2.75) is 19.8 Å². The maximum atomic E-state index is 13.5. The van der Waals surface area contributed by atoms with Crippen LogP contribution in [0.3, 0.4) is 0 Å². The zero-order valence-electron chi connectivity index (χ0n) is 14.1. The molecule has 0 unspecified atom stereocenters. The molecule has 0 aliphatic carbocycles. The van der Waals surface area contributed by atoms with E-state index in [1.807, 2.05) is 6.07 Å². The summed E-state index contributed by atoms with van der Waals surface area (Å²) in [5.74, 6) is -0.450. The number of carbonyl (C=O) groups excluding carboxylic acids is 2. The van der Waals surface area contributed by atoms with Crippen LogP contribution in [0.15, 0.2) is 48.5 Å². The van der Waals surface area contributed by atoms with E-state index >= 15 is 0 Å². The van der Waals surface area contributed by atoms with Crippen LogP contribution >= 0.6 is 0 Å². The smallest absolute Gasteiger partial charge is 0.225 e. The summed E-state index contributed by atoms with van der Waals surface area (Å²) in [5, 5.41) is 8.58. The largest absolute Gasteiger partial charge is 0.326 e. The summed E-state index contributed by atoms with van der Waals surface area (Å²) in [5.41, 5.74) is 2.02. The van der Waals surface area contributed by atoms with Crippen LogP contribution in [0, 0.1) is 5.82 Å². The monoisotopic (exact) mass is 343 g/mol. The molecule has 0 saturated carbocycles. The molecule has 132 valence electrons. The first-order chi connectivity index (χ1) is 12.0. The first-order valence-electron chi connectivity index (χ1n) is 8.16. The van der Waals surface area contributed by atoms with E-state index in [2.05, 4.69) is 16.0 Å². The fourth-order valence-electron chi connectivity index (χ4n) is 2.31. The van der Waals surface area contributed by atoms with Crippen LogP contribution < -0.4 is 16.0 Å². The number of hydrogen-bond donors (Lipinski definition) is 3. The predicted molar refractivity (Wildman–Crippen MR) is 97.0 cm³/mol.